The summed E-state index contributed by atoms with van der Waals surface area (Å²) in [4.78, 5) is 23.8. The van der Waals surface area contributed by atoms with Crippen LogP contribution < -0.4 is 9.47 Å². The van der Waals surface area contributed by atoms with Crippen molar-refractivity contribution in [2.75, 3.05) is 20.8 Å². The Kier molecular flexibility index (Phi) is 6.60. The number of hydrogen-bond acceptors (Lipinski definition) is 5. The summed E-state index contributed by atoms with van der Waals surface area (Å²) in [6, 6.07) is 11.8. The van der Waals surface area contributed by atoms with Gasteiger partial charge in [0, 0.05) is 23.3 Å². The Morgan fingerprint density at radius 2 is 1.84 bits per heavy atom. The first-order chi connectivity index (χ1) is 12.0. The van der Waals surface area contributed by atoms with E-state index in [2.05, 4.69) is 0 Å². The van der Waals surface area contributed by atoms with Crippen molar-refractivity contribution in [1.82, 2.24) is 0 Å². The Morgan fingerprint density at radius 3 is 2.52 bits per heavy atom. The molecule has 0 unspecified atom stereocenters. The van der Waals surface area contributed by atoms with Crippen LogP contribution in [-0.2, 0) is 9.53 Å². The average Bonchev–Trinajstić information content (AvgIpc) is 2.64. The number of halogens is 1. The van der Waals surface area contributed by atoms with Crippen LogP contribution in [0.3, 0.4) is 0 Å². The van der Waals surface area contributed by atoms with Gasteiger partial charge in [0.25, 0.3) is 0 Å². The van der Waals surface area contributed by atoms with Crippen molar-refractivity contribution < 1.29 is 23.8 Å². The van der Waals surface area contributed by atoms with E-state index in [1.807, 2.05) is 0 Å². The van der Waals surface area contributed by atoms with E-state index in [1.54, 1.807) is 55.7 Å². The van der Waals surface area contributed by atoms with Crippen molar-refractivity contribution in [3.8, 4) is 11.5 Å². The van der Waals surface area contributed by atoms with Gasteiger partial charge in [0.2, 0.25) is 5.78 Å². The van der Waals surface area contributed by atoms with Gasteiger partial charge in [-0.3, -0.25) is 4.79 Å². The molecule has 2 rings (SSSR count). The third-order valence-electron chi connectivity index (χ3n) is 3.36. The van der Waals surface area contributed by atoms with Crippen LogP contribution in [0.25, 0.3) is 6.08 Å². The molecular formula is C19H17ClO5. The largest absolute Gasteiger partial charge is 0.497 e. The van der Waals surface area contributed by atoms with E-state index >= 15 is 0 Å². The second kappa shape index (κ2) is 8.89. The second-order valence-electron chi connectivity index (χ2n) is 4.95. The van der Waals surface area contributed by atoms with Gasteiger partial charge < -0.3 is 14.2 Å². The van der Waals surface area contributed by atoms with Gasteiger partial charge in [-0.05, 0) is 30.3 Å². The van der Waals surface area contributed by atoms with E-state index in [9.17, 15) is 9.59 Å². The summed E-state index contributed by atoms with van der Waals surface area (Å²) in [5.74, 6) is 0.185. The second-order valence-corrected chi connectivity index (χ2v) is 5.36. The quantitative estimate of drug-likeness (QED) is 0.427. The lowest BCUT2D eigenvalue weighted by molar-refractivity contribution is -0.136. The minimum atomic E-state index is -0.640. The monoisotopic (exact) mass is 360 g/mol. The topological polar surface area (TPSA) is 61.8 Å². The smallest absolute Gasteiger partial charge is 0.331 e. The third-order valence-corrected chi connectivity index (χ3v) is 3.69. The van der Waals surface area contributed by atoms with E-state index in [0.29, 0.717) is 27.6 Å². The lowest BCUT2D eigenvalue weighted by Gasteiger charge is -2.07. The lowest BCUT2D eigenvalue weighted by atomic mass is 10.1. The number of methoxy groups -OCH3 is 2. The number of benzene rings is 2. The molecule has 2 aromatic rings. The molecule has 0 bridgehead atoms. The molecule has 0 radical (unpaired) electrons. The van der Waals surface area contributed by atoms with Crippen LogP contribution >= 0.6 is 11.6 Å². The molecule has 130 valence electrons. The van der Waals surface area contributed by atoms with E-state index in [1.165, 1.54) is 13.2 Å². The van der Waals surface area contributed by atoms with Crippen molar-refractivity contribution in [2.45, 2.75) is 0 Å². The zero-order valence-electron chi connectivity index (χ0n) is 13.8. The van der Waals surface area contributed by atoms with Crippen LogP contribution in [0.15, 0.2) is 48.5 Å². The van der Waals surface area contributed by atoms with Gasteiger partial charge in [-0.25, -0.2) is 4.79 Å². The fraction of sp³-hybridized carbons (Fsp3) is 0.158. The Balaban J connectivity index is 1.97. The molecule has 0 atom stereocenters. The summed E-state index contributed by atoms with van der Waals surface area (Å²) in [6.45, 7) is -0.382. The SMILES string of the molecule is COc1ccc(/C=C/C(=O)OCC(=O)c2ccccc2Cl)c(OC)c1. The number of ketones is 1. The number of carbonyl (C=O) groups is 2. The molecule has 6 heteroatoms. The summed E-state index contributed by atoms with van der Waals surface area (Å²) in [7, 11) is 3.07. The number of hydrogen-bond donors (Lipinski definition) is 0. The molecule has 0 aliphatic rings. The molecule has 0 N–H and O–H groups in total. The normalized spacial score (nSPS) is 10.5. The first kappa shape index (κ1) is 18.5. The molecule has 0 aliphatic heterocycles. The van der Waals surface area contributed by atoms with Crippen molar-refractivity contribution >= 4 is 29.4 Å². The number of rotatable bonds is 7. The first-order valence-corrected chi connectivity index (χ1v) is 7.77. The zero-order valence-corrected chi connectivity index (χ0v) is 14.6. The Hall–Kier alpha value is -2.79. The van der Waals surface area contributed by atoms with Gasteiger partial charge in [0.05, 0.1) is 19.2 Å². The summed E-state index contributed by atoms with van der Waals surface area (Å²) in [5, 5.41) is 0.321. The molecule has 0 saturated carbocycles. The molecule has 0 heterocycles. The molecule has 0 spiro atoms. The molecule has 0 aliphatic carbocycles. The molecule has 0 aromatic heterocycles. The fourth-order valence-electron chi connectivity index (χ4n) is 2.06. The lowest BCUT2D eigenvalue weighted by Crippen LogP contribution is -2.12. The van der Waals surface area contributed by atoms with E-state index in [0.717, 1.165) is 0 Å². The van der Waals surface area contributed by atoms with E-state index in [4.69, 9.17) is 25.8 Å². The van der Waals surface area contributed by atoms with Gasteiger partial charge in [-0.2, -0.15) is 0 Å². The van der Waals surface area contributed by atoms with Crippen molar-refractivity contribution in [1.29, 1.82) is 0 Å². The molecule has 25 heavy (non-hydrogen) atoms. The van der Waals surface area contributed by atoms with Gasteiger partial charge in [0.15, 0.2) is 6.61 Å². The van der Waals surface area contributed by atoms with Crippen LogP contribution in [-0.4, -0.2) is 32.6 Å². The summed E-state index contributed by atoms with van der Waals surface area (Å²) < 4.78 is 15.3. The maximum absolute atomic E-state index is 12.0. The highest BCUT2D eigenvalue weighted by Crippen LogP contribution is 2.25. The molecule has 0 amide bonds. The van der Waals surface area contributed by atoms with E-state index in [-0.39, 0.29) is 12.4 Å². The first-order valence-electron chi connectivity index (χ1n) is 7.39. The number of Topliss-reactive ketones (excluding diaryl/α,β-unsaturated/α-hetero) is 1. The summed E-state index contributed by atoms with van der Waals surface area (Å²) >= 11 is 5.93. The van der Waals surface area contributed by atoms with Crippen LogP contribution in [0.1, 0.15) is 15.9 Å². The number of ether oxygens (including phenoxy) is 3. The van der Waals surface area contributed by atoms with Crippen molar-refractivity contribution in [3.05, 3.63) is 64.7 Å². The van der Waals surface area contributed by atoms with Crippen LogP contribution in [0, 0.1) is 0 Å². The highest BCUT2D eigenvalue weighted by Gasteiger charge is 2.11. The van der Waals surface area contributed by atoms with Gasteiger partial charge in [-0.1, -0.05) is 23.7 Å². The summed E-state index contributed by atoms with van der Waals surface area (Å²) in [6.07, 6.45) is 2.77. The van der Waals surface area contributed by atoms with Crippen LogP contribution in [0.2, 0.25) is 5.02 Å². The molecule has 2 aromatic carbocycles. The summed E-state index contributed by atoms with van der Waals surface area (Å²) in [5.41, 5.74) is 0.996. The fourth-order valence-corrected chi connectivity index (χ4v) is 2.30. The maximum atomic E-state index is 12.0. The Labute approximate surface area is 150 Å². The number of esters is 1. The molecular weight excluding hydrogens is 344 g/mol. The predicted molar refractivity (Wildman–Crippen MR) is 95.3 cm³/mol. The average molecular weight is 361 g/mol. The van der Waals surface area contributed by atoms with Gasteiger partial charge in [-0.15, -0.1) is 0 Å². The zero-order chi connectivity index (χ0) is 18.2. The third kappa shape index (κ3) is 5.09. The highest BCUT2D eigenvalue weighted by molar-refractivity contribution is 6.34. The van der Waals surface area contributed by atoms with Gasteiger partial charge in [0.1, 0.15) is 11.5 Å². The minimum absolute atomic E-state index is 0.317. The maximum Gasteiger partial charge on any atom is 0.331 e. The predicted octanol–water partition coefficient (Wildman–Crippen LogP) is 3.80. The van der Waals surface area contributed by atoms with E-state index < -0.39 is 5.97 Å². The minimum Gasteiger partial charge on any atom is -0.497 e. The standard InChI is InChI=1S/C19H17ClO5/c1-23-14-9-7-13(18(11-14)24-2)8-10-19(22)25-12-17(21)15-5-3-4-6-16(15)20/h3-11H,12H2,1-2H3/b10-8+. The number of carbonyl (C=O) groups excluding carboxylic acids is 2. The van der Waals surface area contributed by atoms with Gasteiger partial charge >= 0.3 is 5.97 Å². The molecule has 0 fully saturated rings. The molecule has 5 nitrogen and oxygen atoms in total. The molecule has 0 saturated heterocycles. The Morgan fingerprint density at radius 1 is 1.08 bits per heavy atom. The Bertz CT molecular complexity index is 798. The highest BCUT2D eigenvalue weighted by atomic mass is 35.5. The van der Waals surface area contributed by atoms with Crippen LogP contribution in [0.5, 0.6) is 11.5 Å². The van der Waals surface area contributed by atoms with Crippen molar-refractivity contribution in [2.24, 2.45) is 0 Å². The van der Waals surface area contributed by atoms with Crippen LogP contribution in [0.4, 0.5) is 0 Å². The van der Waals surface area contributed by atoms with Crippen molar-refractivity contribution in [3.63, 3.8) is 0 Å².